The zero-order chi connectivity index (χ0) is 20.7. The van der Waals surface area contributed by atoms with Crippen molar-refractivity contribution in [2.45, 2.75) is 12.4 Å². The van der Waals surface area contributed by atoms with Crippen LogP contribution in [0.2, 0.25) is 0 Å². The summed E-state index contributed by atoms with van der Waals surface area (Å²) >= 11 is 0. The molecule has 148 valence electrons. The first kappa shape index (κ1) is 19.5. The average molecular weight is 404 g/mol. The molecule has 0 atom stereocenters. The number of hydrogen-bond acceptors (Lipinski definition) is 3. The highest BCUT2D eigenvalue weighted by molar-refractivity contribution is 5.68. The van der Waals surface area contributed by atoms with E-state index in [1.54, 1.807) is 0 Å². The molecule has 0 aliphatic heterocycles. The van der Waals surface area contributed by atoms with Crippen LogP contribution >= 0.6 is 0 Å². The fourth-order valence-electron chi connectivity index (χ4n) is 2.54. The number of H-pyrrole nitrogens is 1. The van der Waals surface area contributed by atoms with Gasteiger partial charge in [-0.15, -0.1) is 0 Å². The minimum Gasteiger partial charge on any atom is -0.484 e. The maximum absolute atomic E-state index is 13.5. The number of rotatable bonds is 3. The number of halogens is 6. The third-order valence-corrected chi connectivity index (χ3v) is 3.69. The number of aromatic nitrogens is 2. The van der Waals surface area contributed by atoms with E-state index >= 15 is 0 Å². The lowest BCUT2D eigenvalue weighted by Gasteiger charge is -2.15. The maximum Gasteiger partial charge on any atom is 0.432 e. The highest BCUT2D eigenvalue weighted by Gasteiger charge is 2.37. The summed E-state index contributed by atoms with van der Waals surface area (Å²) in [6, 6.07) is 5.98. The van der Waals surface area contributed by atoms with Crippen LogP contribution in [0.25, 0.3) is 16.8 Å². The zero-order valence-electron chi connectivity index (χ0n) is 13.7. The van der Waals surface area contributed by atoms with E-state index in [1.165, 1.54) is 0 Å². The van der Waals surface area contributed by atoms with Crippen LogP contribution in [-0.2, 0) is 6.18 Å². The Balaban J connectivity index is 2.14. The summed E-state index contributed by atoms with van der Waals surface area (Å²) in [4.78, 5) is 26.0. The van der Waals surface area contributed by atoms with E-state index in [1.807, 2.05) is 4.98 Å². The maximum atomic E-state index is 13.5. The van der Waals surface area contributed by atoms with Gasteiger partial charge in [0.2, 0.25) is 0 Å². The van der Waals surface area contributed by atoms with Crippen molar-refractivity contribution in [2.75, 3.05) is 6.61 Å². The molecule has 0 saturated carbocycles. The molecular weight excluding hydrogens is 394 g/mol. The number of alkyl halides is 6. The van der Waals surface area contributed by atoms with Crippen molar-refractivity contribution in [3.05, 3.63) is 68.9 Å². The van der Waals surface area contributed by atoms with E-state index in [9.17, 15) is 35.9 Å². The second-order valence-electron chi connectivity index (χ2n) is 5.72. The minimum absolute atomic E-state index is 0.187. The second kappa shape index (κ2) is 6.73. The molecule has 2 aromatic heterocycles. The van der Waals surface area contributed by atoms with E-state index in [0.29, 0.717) is 0 Å². The van der Waals surface area contributed by atoms with Gasteiger partial charge in [-0.3, -0.25) is 14.0 Å². The van der Waals surface area contributed by atoms with E-state index in [-0.39, 0.29) is 17.0 Å². The molecule has 0 unspecified atom stereocenters. The van der Waals surface area contributed by atoms with Crippen LogP contribution in [0.5, 0.6) is 5.75 Å². The van der Waals surface area contributed by atoms with E-state index in [2.05, 4.69) is 4.74 Å². The van der Waals surface area contributed by atoms with Crippen molar-refractivity contribution in [1.29, 1.82) is 0 Å². The Morgan fingerprint density at radius 3 is 2.18 bits per heavy atom. The smallest absolute Gasteiger partial charge is 0.432 e. The van der Waals surface area contributed by atoms with E-state index in [0.717, 1.165) is 47.0 Å². The molecule has 3 aromatic rings. The lowest BCUT2D eigenvalue weighted by molar-refractivity contribution is -0.153. The standard InChI is InChI=1S/C17H10F6N2O3/c18-16(19,20)8-28-11-3-1-9(2-4-11)13-14(17(21,22)23)24-12-7-10(26)5-6-25(12)15(13)27/h1-7,24H,8H2. The summed E-state index contributed by atoms with van der Waals surface area (Å²) in [7, 11) is 0. The Hall–Kier alpha value is -3.24. The summed E-state index contributed by atoms with van der Waals surface area (Å²) in [5.41, 5.74) is -4.31. The molecule has 1 aromatic carbocycles. The number of hydrogen-bond donors (Lipinski definition) is 1. The van der Waals surface area contributed by atoms with Crippen LogP contribution in [-0.4, -0.2) is 22.2 Å². The fraction of sp³-hybridized carbons (Fsp3) is 0.176. The Labute approximate surface area is 151 Å². The van der Waals surface area contributed by atoms with Crippen LogP contribution < -0.4 is 15.7 Å². The SMILES string of the molecule is O=c1ccn2c(=O)c(-c3ccc(OCC(F)(F)F)cc3)c(C(F)(F)F)[nH]c2c1. The molecule has 0 aliphatic carbocycles. The molecule has 28 heavy (non-hydrogen) atoms. The molecule has 1 N–H and O–H groups in total. The summed E-state index contributed by atoms with van der Waals surface area (Å²) in [5, 5.41) is 0. The molecule has 0 fully saturated rings. The van der Waals surface area contributed by atoms with Crippen LogP contribution in [0.1, 0.15) is 5.69 Å². The van der Waals surface area contributed by atoms with Crippen molar-refractivity contribution in [2.24, 2.45) is 0 Å². The number of fused-ring (bicyclic) bond motifs is 1. The van der Waals surface area contributed by atoms with Gasteiger partial charge in [0, 0.05) is 18.3 Å². The number of ether oxygens (including phenoxy) is 1. The van der Waals surface area contributed by atoms with E-state index in [4.69, 9.17) is 0 Å². The largest absolute Gasteiger partial charge is 0.484 e. The monoisotopic (exact) mass is 404 g/mol. The molecule has 2 heterocycles. The zero-order valence-corrected chi connectivity index (χ0v) is 13.7. The Kier molecular flexibility index (Phi) is 4.69. The van der Waals surface area contributed by atoms with Gasteiger partial charge < -0.3 is 9.72 Å². The summed E-state index contributed by atoms with van der Waals surface area (Å²) in [5.74, 6) is -0.226. The first-order chi connectivity index (χ1) is 13.0. The van der Waals surface area contributed by atoms with Gasteiger partial charge in [0.25, 0.3) is 5.56 Å². The summed E-state index contributed by atoms with van der Waals surface area (Å²) in [6.45, 7) is -1.57. The molecular formula is C17H10F6N2O3. The first-order valence-corrected chi connectivity index (χ1v) is 7.61. The predicted octanol–water partition coefficient (Wildman–Crippen LogP) is 3.61. The van der Waals surface area contributed by atoms with Crippen LogP contribution in [0.4, 0.5) is 26.3 Å². The van der Waals surface area contributed by atoms with Gasteiger partial charge in [-0.1, -0.05) is 12.1 Å². The van der Waals surface area contributed by atoms with Gasteiger partial charge in [0.15, 0.2) is 12.0 Å². The van der Waals surface area contributed by atoms with Crippen LogP contribution in [0, 0.1) is 0 Å². The Morgan fingerprint density at radius 2 is 1.61 bits per heavy atom. The van der Waals surface area contributed by atoms with Crippen molar-refractivity contribution >= 4 is 5.65 Å². The third kappa shape index (κ3) is 4.02. The molecule has 0 bridgehead atoms. The molecule has 0 spiro atoms. The van der Waals surface area contributed by atoms with Gasteiger partial charge in [0.1, 0.15) is 17.1 Å². The molecule has 0 saturated heterocycles. The topological polar surface area (TPSA) is 63.6 Å². The van der Waals surface area contributed by atoms with Crippen molar-refractivity contribution in [1.82, 2.24) is 9.38 Å². The number of pyridine rings is 1. The average Bonchev–Trinajstić information content (AvgIpc) is 2.59. The minimum atomic E-state index is -4.95. The van der Waals surface area contributed by atoms with Gasteiger partial charge in [0.05, 0.1) is 5.56 Å². The fourth-order valence-corrected chi connectivity index (χ4v) is 2.54. The normalized spacial score (nSPS) is 12.4. The van der Waals surface area contributed by atoms with Gasteiger partial charge in [-0.25, -0.2) is 0 Å². The van der Waals surface area contributed by atoms with Gasteiger partial charge in [-0.2, -0.15) is 26.3 Å². The highest BCUT2D eigenvalue weighted by atomic mass is 19.4. The molecule has 0 radical (unpaired) electrons. The number of aromatic amines is 1. The quantitative estimate of drug-likeness (QED) is 0.679. The predicted molar refractivity (Wildman–Crippen MR) is 86.3 cm³/mol. The van der Waals surface area contributed by atoms with Crippen molar-refractivity contribution in [3.8, 4) is 16.9 Å². The lowest BCUT2D eigenvalue weighted by atomic mass is 10.0. The van der Waals surface area contributed by atoms with Crippen molar-refractivity contribution < 1.29 is 31.1 Å². The molecule has 11 heteroatoms. The Morgan fingerprint density at radius 1 is 0.964 bits per heavy atom. The van der Waals surface area contributed by atoms with Gasteiger partial charge in [-0.05, 0) is 17.7 Å². The van der Waals surface area contributed by atoms with Crippen molar-refractivity contribution in [3.63, 3.8) is 0 Å². The first-order valence-electron chi connectivity index (χ1n) is 7.61. The third-order valence-electron chi connectivity index (χ3n) is 3.69. The molecule has 0 aliphatic rings. The van der Waals surface area contributed by atoms with E-state index < -0.39 is 41.2 Å². The second-order valence-corrected chi connectivity index (χ2v) is 5.72. The number of nitrogens with one attached hydrogen (secondary N) is 1. The summed E-state index contributed by atoms with van der Waals surface area (Å²) < 4.78 is 82.3. The lowest BCUT2D eigenvalue weighted by Crippen LogP contribution is -2.25. The highest BCUT2D eigenvalue weighted by Crippen LogP contribution is 2.34. The molecule has 0 amide bonds. The summed E-state index contributed by atoms with van der Waals surface area (Å²) in [6.07, 6.45) is -8.50. The molecule has 5 nitrogen and oxygen atoms in total. The number of nitrogens with zero attached hydrogens (tertiary/aromatic N) is 1. The van der Waals surface area contributed by atoms with Crippen LogP contribution in [0.15, 0.2) is 52.2 Å². The Bertz CT molecular complexity index is 1130. The van der Waals surface area contributed by atoms with Crippen LogP contribution in [0.3, 0.4) is 0 Å². The molecule has 3 rings (SSSR count). The number of benzene rings is 1. The van der Waals surface area contributed by atoms with Gasteiger partial charge >= 0.3 is 12.4 Å².